The monoisotopic (exact) mass is 259 g/mol. The Morgan fingerprint density at radius 2 is 2.26 bits per heavy atom. The van der Waals surface area contributed by atoms with Crippen LogP contribution in [0.5, 0.6) is 0 Å². The molecule has 0 saturated heterocycles. The van der Waals surface area contributed by atoms with E-state index >= 15 is 0 Å². The summed E-state index contributed by atoms with van der Waals surface area (Å²) in [6, 6.07) is 3.93. The molecule has 0 N–H and O–H groups in total. The van der Waals surface area contributed by atoms with Crippen LogP contribution in [0.4, 0.5) is 10.1 Å². The first kappa shape index (κ1) is 11.2. The topological polar surface area (TPSA) is 86.7 Å². The van der Waals surface area contributed by atoms with Crippen molar-refractivity contribution in [1.29, 1.82) is 0 Å². The molecule has 0 amide bonds. The predicted molar refractivity (Wildman–Crippen MR) is 63.3 cm³/mol. The van der Waals surface area contributed by atoms with Gasteiger partial charge < -0.3 is 0 Å². The van der Waals surface area contributed by atoms with Crippen molar-refractivity contribution in [2.24, 2.45) is 0 Å². The van der Waals surface area contributed by atoms with Crippen molar-refractivity contribution in [2.75, 3.05) is 0 Å². The number of nitro benzene ring substituents is 1. The van der Waals surface area contributed by atoms with Gasteiger partial charge in [-0.15, -0.1) is 0 Å². The molecule has 3 rings (SSSR count). The fraction of sp³-hybridized carbons (Fsp3) is 0. The van der Waals surface area contributed by atoms with Crippen LogP contribution in [0.3, 0.4) is 0 Å². The van der Waals surface area contributed by atoms with Crippen LogP contribution >= 0.6 is 0 Å². The predicted octanol–water partition coefficient (Wildman–Crippen LogP) is 1.86. The fourth-order valence-electron chi connectivity index (χ4n) is 1.87. The normalized spacial score (nSPS) is 10.8. The first-order valence-corrected chi connectivity index (χ1v) is 5.25. The van der Waals surface area contributed by atoms with Gasteiger partial charge in [-0.2, -0.15) is 5.10 Å². The first-order valence-electron chi connectivity index (χ1n) is 5.25. The van der Waals surface area contributed by atoms with Crippen LogP contribution in [-0.2, 0) is 0 Å². The van der Waals surface area contributed by atoms with Crippen molar-refractivity contribution in [3.8, 4) is 5.69 Å². The summed E-state index contributed by atoms with van der Waals surface area (Å²) in [4.78, 5) is 18.0. The Morgan fingerprint density at radius 1 is 1.42 bits per heavy atom. The number of hydrogen-bond acceptors (Lipinski definition) is 5. The summed E-state index contributed by atoms with van der Waals surface area (Å²) in [5, 5.41) is 15.0. The Bertz CT molecular complexity index is 772. The molecule has 0 fully saturated rings. The van der Waals surface area contributed by atoms with Crippen LogP contribution in [0.1, 0.15) is 0 Å². The molecule has 0 aliphatic rings. The van der Waals surface area contributed by atoms with E-state index in [0.717, 1.165) is 6.07 Å². The van der Waals surface area contributed by atoms with Crippen molar-refractivity contribution in [2.45, 2.75) is 0 Å². The van der Waals surface area contributed by atoms with Crippen LogP contribution in [0, 0.1) is 15.9 Å². The summed E-state index contributed by atoms with van der Waals surface area (Å²) in [7, 11) is 0. The minimum Gasteiger partial charge on any atom is -0.258 e. The highest BCUT2D eigenvalue weighted by molar-refractivity contribution is 5.93. The first-order chi connectivity index (χ1) is 9.18. The summed E-state index contributed by atoms with van der Waals surface area (Å²) >= 11 is 0. The molecule has 0 bridgehead atoms. The van der Waals surface area contributed by atoms with E-state index in [1.807, 2.05) is 0 Å². The Morgan fingerprint density at radius 3 is 2.95 bits per heavy atom. The number of halogens is 1. The van der Waals surface area contributed by atoms with Crippen molar-refractivity contribution in [3.63, 3.8) is 0 Å². The zero-order chi connectivity index (χ0) is 13.4. The molecular weight excluding hydrogens is 253 g/mol. The lowest BCUT2D eigenvalue weighted by molar-refractivity contribution is -0.383. The van der Waals surface area contributed by atoms with Crippen LogP contribution < -0.4 is 0 Å². The quantitative estimate of drug-likeness (QED) is 0.517. The van der Waals surface area contributed by atoms with Gasteiger partial charge >= 0.3 is 0 Å². The summed E-state index contributed by atoms with van der Waals surface area (Å²) in [5.74, 6) is -0.775. The highest BCUT2D eigenvalue weighted by atomic mass is 19.1. The Labute approximate surface area is 105 Å². The van der Waals surface area contributed by atoms with Crippen molar-refractivity contribution in [1.82, 2.24) is 19.7 Å². The number of nitrogens with zero attached hydrogens (tertiary/aromatic N) is 5. The summed E-state index contributed by atoms with van der Waals surface area (Å²) < 4.78 is 15.3. The number of nitro groups is 1. The second-order valence-electron chi connectivity index (χ2n) is 3.72. The van der Waals surface area contributed by atoms with Crippen LogP contribution in [-0.4, -0.2) is 24.7 Å². The van der Waals surface area contributed by atoms with E-state index in [9.17, 15) is 14.5 Å². The minimum absolute atomic E-state index is 0.0405. The standard InChI is InChI=1S/C11H6FN5O2/c12-8-4-9(17(18)19)7-2-1-3-14-10(7)11(8)16-6-13-5-15-16/h1-6H. The SMILES string of the molecule is O=[N+]([O-])c1cc(F)c(-n2cncn2)c2ncccc12. The van der Waals surface area contributed by atoms with Gasteiger partial charge in [-0.3, -0.25) is 15.1 Å². The van der Waals surface area contributed by atoms with Crippen molar-refractivity contribution in [3.05, 3.63) is 53.0 Å². The Balaban J connectivity index is 2.45. The number of aromatic nitrogens is 4. The van der Waals surface area contributed by atoms with Gasteiger partial charge in [0.05, 0.1) is 16.4 Å². The summed E-state index contributed by atoms with van der Waals surface area (Å²) in [6.45, 7) is 0. The van der Waals surface area contributed by atoms with E-state index < -0.39 is 10.7 Å². The molecule has 0 unspecified atom stereocenters. The number of non-ortho nitro benzene ring substituents is 1. The number of hydrogen-bond donors (Lipinski definition) is 0. The second-order valence-corrected chi connectivity index (χ2v) is 3.72. The molecule has 7 nitrogen and oxygen atoms in total. The lowest BCUT2D eigenvalue weighted by Crippen LogP contribution is -2.03. The van der Waals surface area contributed by atoms with Gasteiger partial charge in [0.1, 0.15) is 23.9 Å². The highest BCUT2D eigenvalue weighted by Gasteiger charge is 2.21. The summed E-state index contributed by atoms with van der Waals surface area (Å²) in [6.07, 6.45) is 3.99. The van der Waals surface area contributed by atoms with Crippen molar-refractivity contribution < 1.29 is 9.31 Å². The molecule has 19 heavy (non-hydrogen) atoms. The lowest BCUT2D eigenvalue weighted by Gasteiger charge is -2.07. The lowest BCUT2D eigenvalue weighted by atomic mass is 10.1. The average molecular weight is 259 g/mol. The zero-order valence-corrected chi connectivity index (χ0v) is 9.39. The molecule has 0 aliphatic heterocycles. The van der Waals surface area contributed by atoms with E-state index in [4.69, 9.17) is 0 Å². The molecule has 94 valence electrons. The van der Waals surface area contributed by atoms with E-state index in [0.29, 0.717) is 0 Å². The molecule has 0 aliphatic carbocycles. The Kier molecular flexibility index (Phi) is 2.41. The fourth-order valence-corrected chi connectivity index (χ4v) is 1.87. The van der Waals surface area contributed by atoms with E-state index in [1.165, 1.54) is 29.6 Å². The number of pyridine rings is 1. The molecule has 3 aromatic rings. The third kappa shape index (κ3) is 1.69. The van der Waals surface area contributed by atoms with Crippen LogP contribution in [0.2, 0.25) is 0 Å². The molecule has 0 atom stereocenters. The van der Waals surface area contributed by atoms with Gasteiger partial charge in [0.15, 0.2) is 5.82 Å². The van der Waals surface area contributed by atoms with Crippen molar-refractivity contribution >= 4 is 16.6 Å². The summed E-state index contributed by atoms with van der Waals surface area (Å²) in [5.41, 5.74) is -0.122. The molecule has 8 heteroatoms. The smallest absolute Gasteiger partial charge is 0.258 e. The molecular formula is C11H6FN5O2. The maximum atomic E-state index is 14.1. The minimum atomic E-state index is -0.775. The van der Waals surface area contributed by atoms with Gasteiger partial charge in [0.2, 0.25) is 0 Å². The average Bonchev–Trinajstić information content (AvgIpc) is 2.91. The zero-order valence-electron chi connectivity index (χ0n) is 9.39. The maximum absolute atomic E-state index is 14.1. The van der Waals surface area contributed by atoms with Gasteiger partial charge in [-0.1, -0.05) is 0 Å². The van der Waals surface area contributed by atoms with Gasteiger partial charge in [0.25, 0.3) is 5.69 Å². The second kappa shape index (κ2) is 4.09. The molecule has 2 heterocycles. The number of fused-ring (bicyclic) bond motifs is 1. The highest BCUT2D eigenvalue weighted by Crippen LogP contribution is 2.30. The largest absolute Gasteiger partial charge is 0.281 e. The maximum Gasteiger partial charge on any atom is 0.281 e. The van der Waals surface area contributed by atoms with Crippen LogP contribution in [0.15, 0.2) is 37.1 Å². The third-order valence-corrected chi connectivity index (χ3v) is 2.64. The van der Waals surface area contributed by atoms with Gasteiger partial charge in [-0.05, 0) is 12.1 Å². The molecule has 0 radical (unpaired) electrons. The molecule has 0 spiro atoms. The Hall–Kier alpha value is -2.90. The van der Waals surface area contributed by atoms with E-state index in [1.54, 1.807) is 6.07 Å². The van der Waals surface area contributed by atoms with Gasteiger partial charge in [0, 0.05) is 6.20 Å². The number of rotatable bonds is 2. The van der Waals surface area contributed by atoms with Crippen LogP contribution in [0.25, 0.3) is 16.6 Å². The third-order valence-electron chi connectivity index (χ3n) is 2.64. The molecule has 1 aromatic carbocycles. The molecule has 2 aromatic heterocycles. The van der Waals surface area contributed by atoms with E-state index in [2.05, 4.69) is 15.1 Å². The van der Waals surface area contributed by atoms with E-state index in [-0.39, 0.29) is 22.3 Å². The van der Waals surface area contributed by atoms with Gasteiger partial charge in [-0.25, -0.2) is 14.1 Å². The molecule has 0 saturated carbocycles. The number of benzene rings is 1.